The lowest BCUT2D eigenvalue weighted by atomic mass is 10.1. The molecule has 0 saturated carbocycles. The summed E-state index contributed by atoms with van der Waals surface area (Å²) >= 11 is 0. The van der Waals surface area contributed by atoms with Crippen LogP contribution in [-0.2, 0) is 0 Å². The van der Waals surface area contributed by atoms with E-state index in [0.717, 1.165) is 17.5 Å². The summed E-state index contributed by atoms with van der Waals surface area (Å²) in [5.41, 5.74) is 6.58. The maximum absolute atomic E-state index is 12.1. The first-order valence-corrected chi connectivity index (χ1v) is 8.16. The molecule has 0 unspecified atom stereocenters. The van der Waals surface area contributed by atoms with Gasteiger partial charge in [-0.25, -0.2) is 4.98 Å². The fourth-order valence-corrected chi connectivity index (χ4v) is 2.27. The summed E-state index contributed by atoms with van der Waals surface area (Å²) in [6.45, 7) is 3.84. The molecule has 2 heterocycles. The lowest BCUT2D eigenvalue weighted by molar-refractivity contribution is -0.385. The summed E-state index contributed by atoms with van der Waals surface area (Å²) in [7, 11) is 0. The number of hydrogen-bond acceptors (Lipinski definition) is 8. The van der Waals surface area contributed by atoms with Crippen molar-refractivity contribution >= 4 is 17.4 Å². The Bertz CT molecular complexity index is 1030. The molecule has 0 aliphatic heterocycles. The van der Waals surface area contributed by atoms with Crippen LogP contribution in [0.3, 0.4) is 0 Å². The highest BCUT2D eigenvalue weighted by Crippen LogP contribution is 2.34. The smallest absolute Gasteiger partial charge is 0.374 e. The molecule has 2 N–H and O–H groups in total. The quantitative estimate of drug-likeness (QED) is 0.493. The molecular weight excluding hydrogens is 364 g/mol. The Hall–Kier alpha value is -4.08. The third kappa shape index (κ3) is 4.18. The molecule has 0 saturated heterocycles. The van der Waals surface area contributed by atoms with Crippen LogP contribution in [0.2, 0.25) is 0 Å². The average molecular weight is 380 g/mol. The first-order valence-electron chi connectivity index (χ1n) is 8.16. The van der Waals surface area contributed by atoms with Gasteiger partial charge in [-0.15, -0.1) is 0 Å². The third-order valence-corrected chi connectivity index (χ3v) is 3.88. The fourth-order valence-electron chi connectivity index (χ4n) is 2.27. The van der Waals surface area contributed by atoms with Gasteiger partial charge in [0.15, 0.2) is 0 Å². The van der Waals surface area contributed by atoms with E-state index in [1.54, 1.807) is 24.3 Å². The molecule has 10 heteroatoms. The average Bonchev–Trinajstić information content (AvgIpc) is 2.69. The van der Waals surface area contributed by atoms with Crippen molar-refractivity contribution in [3.05, 3.63) is 75.9 Å². The maximum Gasteiger partial charge on any atom is 0.374 e. The van der Waals surface area contributed by atoms with E-state index < -0.39 is 16.5 Å². The Kier molecular flexibility index (Phi) is 5.40. The van der Waals surface area contributed by atoms with Gasteiger partial charge in [-0.1, -0.05) is 6.07 Å². The number of benzene rings is 1. The van der Waals surface area contributed by atoms with Gasteiger partial charge < -0.3 is 4.74 Å². The number of carbonyl (C=O) groups is 1. The van der Waals surface area contributed by atoms with Crippen LogP contribution in [0.15, 0.2) is 49.1 Å². The van der Waals surface area contributed by atoms with E-state index in [1.165, 1.54) is 12.4 Å². The fraction of sp³-hybridized carbons (Fsp3) is 0.111. The molecule has 1 amide bonds. The van der Waals surface area contributed by atoms with E-state index in [2.05, 4.69) is 25.8 Å². The van der Waals surface area contributed by atoms with Crippen LogP contribution >= 0.6 is 0 Å². The summed E-state index contributed by atoms with van der Waals surface area (Å²) in [5, 5.41) is 11.6. The van der Waals surface area contributed by atoms with Crippen LogP contribution in [0.25, 0.3) is 0 Å². The number of aryl methyl sites for hydroxylation is 2. The van der Waals surface area contributed by atoms with Gasteiger partial charge in [0.1, 0.15) is 12.1 Å². The minimum absolute atomic E-state index is 0.212. The van der Waals surface area contributed by atoms with Crippen LogP contribution in [-0.4, -0.2) is 25.8 Å². The topological polar surface area (TPSA) is 132 Å². The first-order chi connectivity index (χ1) is 13.5. The molecule has 28 heavy (non-hydrogen) atoms. The van der Waals surface area contributed by atoms with Gasteiger partial charge in [0.25, 0.3) is 5.91 Å². The zero-order valence-corrected chi connectivity index (χ0v) is 15.0. The van der Waals surface area contributed by atoms with Gasteiger partial charge >= 0.3 is 11.6 Å². The molecule has 3 rings (SSSR count). The minimum atomic E-state index is -0.686. The molecule has 142 valence electrons. The van der Waals surface area contributed by atoms with Gasteiger partial charge in [0.2, 0.25) is 5.82 Å². The number of ether oxygens (including phenoxy) is 1. The summed E-state index contributed by atoms with van der Waals surface area (Å²) in [4.78, 5) is 34.5. The molecular formula is C18H16N6O4. The summed E-state index contributed by atoms with van der Waals surface area (Å²) in [6, 6.07) is 8.42. The number of nitro groups is 1. The van der Waals surface area contributed by atoms with Crippen molar-refractivity contribution in [1.82, 2.24) is 20.4 Å². The highest BCUT2D eigenvalue weighted by molar-refractivity contribution is 5.94. The van der Waals surface area contributed by atoms with E-state index in [9.17, 15) is 14.9 Å². The molecule has 1 aromatic carbocycles. The standard InChI is InChI=1S/C18H16N6O4/c1-11-5-6-14(8-12(11)2)28-18-15(24(26)27)16(20-10-21-18)22-23-17(25)13-4-3-7-19-9-13/h3-10H,1-2H3,(H,23,25)(H,20,21,22). The number of aromatic nitrogens is 3. The summed E-state index contributed by atoms with van der Waals surface area (Å²) < 4.78 is 5.58. The number of pyridine rings is 1. The monoisotopic (exact) mass is 380 g/mol. The molecule has 2 aromatic heterocycles. The zero-order chi connectivity index (χ0) is 20.1. The van der Waals surface area contributed by atoms with E-state index in [-0.39, 0.29) is 17.3 Å². The minimum Gasteiger partial charge on any atom is -0.434 e. The lowest BCUT2D eigenvalue weighted by Crippen LogP contribution is -2.30. The van der Waals surface area contributed by atoms with Crippen molar-refractivity contribution in [3.8, 4) is 11.6 Å². The van der Waals surface area contributed by atoms with Crippen molar-refractivity contribution < 1.29 is 14.5 Å². The predicted molar refractivity (Wildman–Crippen MR) is 100 cm³/mol. The number of nitrogens with one attached hydrogen (secondary N) is 2. The molecule has 10 nitrogen and oxygen atoms in total. The molecule has 0 atom stereocenters. The summed E-state index contributed by atoms with van der Waals surface area (Å²) in [6.07, 6.45) is 3.98. The van der Waals surface area contributed by atoms with Crippen molar-refractivity contribution in [2.75, 3.05) is 5.43 Å². The zero-order valence-electron chi connectivity index (χ0n) is 15.0. The van der Waals surface area contributed by atoms with Crippen molar-refractivity contribution in [2.24, 2.45) is 0 Å². The van der Waals surface area contributed by atoms with Crippen LogP contribution in [0.5, 0.6) is 11.6 Å². The third-order valence-electron chi connectivity index (χ3n) is 3.88. The second-order valence-electron chi connectivity index (χ2n) is 5.80. The highest BCUT2D eigenvalue weighted by Gasteiger charge is 2.25. The Morgan fingerprint density at radius 2 is 2.00 bits per heavy atom. The highest BCUT2D eigenvalue weighted by atomic mass is 16.6. The predicted octanol–water partition coefficient (Wildman–Crippen LogP) is 2.95. The number of amides is 1. The molecule has 0 bridgehead atoms. The van der Waals surface area contributed by atoms with Crippen LogP contribution < -0.4 is 15.6 Å². The molecule has 3 aromatic rings. The number of carbonyl (C=O) groups excluding carboxylic acids is 1. The van der Waals surface area contributed by atoms with E-state index in [1.807, 2.05) is 19.9 Å². The molecule has 0 aliphatic carbocycles. The molecule has 0 aliphatic rings. The molecule has 0 fully saturated rings. The van der Waals surface area contributed by atoms with Gasteiger partial charge in [0, 0.05) is 12.4 Å². The van der Waals surface area contributed by atoms with Gasteiger partial charge in [-0.05, 0) is 49.2 Å². The van der Waals surface area contributed by atoms with Gasteiger partial charge in [-0.3, -0.25) is 30.7 Å². The number of hydrogen-bond donors (Lipinski definition) is 2. The Balaban J connectivity index is 1.84. The summed E-state index contributed by atoms with van der Waals surface area (Å²) in [5.74, 6) is -0.592. The number of hydrazine groups is 1. The lowest BCUT2D eigenvalue weighted by Gasteiger charge is -2.11. The second-order valence-corrected chi connectivity index (χ2v) is 5.80. The van der Waals surface area contributed by atoms with Crippen molar-refractivity contribution in [3.63, 3.8) is 0 Å². The van der Waals surface area contributed by atoms with Gasteiger partial charge in [0.05, 0.1) is 10.5 Å². The van der Waals surface area contributed by atoms with Crippen molar-refractivity contribution in [1.29, 1.82) is 0 Å². The molecule has 0 spiro atoms. The SMILES string of the molecule is Cc1ccc(Oc2ncnc(NNC(=O)c3cccnc3)c2[N+](=O)[O-])cc1C. The number of anilines is 1. The number of rotatable bonds is 6. The van der Waals surface area contributed by atoms with Gasteiger partial charge in [-0.2, -0.15) is 4.98 Å². The number of nitrogens with zero attached hydrogens (tertiary/aromatic N) is 4. The maximum atomic E-state index is 12.1. The normalized spacial score (nSPS) is 10.2. The Labute approximate surface area is 159 Å². The van der Waals surface area contributed by atoms with Crippen LogP contribution in [0, 0.1) is 24.0 Å². The van der Waals surface area contributed by atoms with E-state index in [0.29, 0.717) is 5.75 Å². The Morgan fingerprint density at radius 1 is 1.18 bits per heavy atom. The van der Waals surface area contributed by atoms with Crippen LogP contribution in [0.4, 0.5) is 11.5 Å². The Morgan fingerprint density at radius 3 is 2.68 bits per heavy atom. The first kappa shape index (κ1) is 18.7. The van der Waals surface area contributed by atoms with E-state index >= 15 is 0 Å². The molecule has 0 radical (unpaired) electrons. The van der Waals surface area contributed by atoms with E-state index in [4.69, 9.17) is 4.74 Å². The van der Waals surface area contributed by atoms with Crippen molar-refractivity contribution in [2.45, 2.75) is 13.8 Å². The second kappa shape index (κ2) is 8.08. The van der Waals surface area contributed by atoms with Crippen LogP contribution in [0.1, 0.15) is 21.5 Å². The largest absolute Gasteiger partial charge is 0.434 e.